The molecule has 0 fully saturated rings. The number of hydrogen-bond donors (Lipinski definition) is 2. The quantitative estimate of drug-likeness (QED) is 0.564. The molecule has 10 heavy (non-hydrogen) atoms. The third-order valence-electron chi connectivity index (χ3n) is 0. The Hall–Kier alpha value is 0.220. The third kappa shape index (κ3) is 8850. The zero-order valence-corrected chi connectivity index (χ0v) is 8.16. The van der Waals surface area contributed by atoms with Crippen molar-refractivity contribution in [3.05, 3.63) is 0 Å². The fraction of sp³-hybridized carbons (Fsp3) is 1.00. The van der Waals surface area contributed by atoms with Crippen LogP contribution in [0.2, 0.25) is 0 Å². The second kappa shape index (κ2) is 3.56. The first-order valence-corrected chi connectivity index (χ1v) is 6.99. The van der Waals surface area contributed by atoms with Gasteiger partial charge in [0.05, 0.1) is 9.63 Å². The van der Waals surface area contributed by atoms with E-state index in [9.17, 15) is 8.42 Å². The highest BCUT2D eigenvalue weighted by Crippen LogP contribution is 2.00. The Kier molecular flexibility index (Phi) is 4.58. The van der Waals surface area contributed by atoms with Gasteiger partial charge in [-0.1, -0.05) is 0 Å². The molecular formula is C4H14O4S2. The summed E-state index contributed by atoms with van der Waals surface area (Å²) < 4.78 is 35.6. The van der Waals surface area contributed by atoms with Crippen LogP contribution in [-0.2, 0) is 20.4 Å². The Morgan fingerprint density at radius 2 is 1.20 bits per heavy atom. The van der Waals surface area contributed by atoms with Gasteiger partial charge in [-0.25, -0.2) is 4.21 Å². The zero-order valence-electron chi connectivity index (χ0n) is 6.53. The summed E-state index contributed by atoms with van der Waals surface area (Å²) in [7, 11) is -4.71. The van der Waals surface area contributed by atoms with Crippen molar-refractivity contribution in [1.82, 2.24) is 0 Å². The smallest absolute Gasteiger partial charge is 0.0770 e. The van der Waals surface area contributed by atoms with Gasteiger partial charge in [0.15, 0.2) is 0 Å². The van der Waals surface area contributed by atoms with Crippen molar-refractivity contribution in [3.8, 4) is 0 Å². The Morgan fingerprint density at radius 3 is 1.20 bits per heavy atom. The van der Waals surface area contributed by atoms with Gasteiger partial charge < -0.3 is 9.11 Å². The minimum absolute atomic E-state index is 0.611. The van der Waals surface area contributed by atoms with Crippen LogP contribution in [0.3, 0.4) is 0 Å². The second-order valence-electron chi connectivity index (χ2n) is 2.44. The van der Waals surface area contributed by atoms with Crippen molar-refractivity contribution in [2.75, 3.05) is 25.0 Å². The normalized spacial score (nSPS) is 14.9. The maximum atomic E-state index is 9.90. The Morgan fingerprint density at radius 1 is 1.20 bits per heavy atom. The van der Waals surface area contributed by atoms with E-state index in [0.717, 1.165) is 12.5 Å². The van der Waals surface area contributed by atoms with E-state index in [2.05, 4.69) is 0 Å². The van der Waals surface area contributed by atoms with Gasteiger partial charge in [-0.05, 0) is 0 Å². The van der Waals surface area contributed by atoms with Gasteiger partial charge in [0.25, 0.3) is 0 Å². The van der Waals surface area contributed by atoms with Crippen molar-refractivity contribution < 1.29 is 17.5 Å². The van der Waals surface area contributed by atoms with Gasteiger partial charge in [0.1, 0.15) is 0 Å². The molecule has 0 aliphatic rings. The highest BCUT2D eigenvalue weighted by molar-refractivity contribution is 8.08. The van der Waals surface area contributed by atoms with Crippen LogP contribution in [0.4, 0.5) is 0 Å². The van der Waals surface area contributed by atoms with Gasteiger partial charge in [0.2, 0.25) is 0 Å². The predicted octanol–water partition coefficient (Wildman–Crippen LogP) is 0.00680. The molecule has 0 aromatic heterocycles. The van der Waals surface area contributed by atoms with Crippen LogP contribution in [0.15, 0.2) is 0 Å². The first-order chi connectivity index (χ1) is 3.97. The molecule has 0 aromatic rings. The van der Waals surface area contributed by atoms with E-state index in [1.165, 1.54) is 0 Å². The summed E-state index contributed by atoms with van der Waals surface area (Å²) in [6.45, 7) is 0. The van der Waals surface area contributed by atoms with Crippen molar-refractivity contribution in [3.63, 3.8) is 0 Å². The molecule has 0 unspecified atom stereocenters. The van der Waals surface area contributed by atoms with Crippen LogP contribution in [0.1, 0.15) is 0 Å². The van der Waals surface area contributed by atoms with Gasteiger partial charge in [0, 0.05) is 35.8 Å². The summed E-state index contributed by atoms with van der Waals surface area (Å²) in [5.41, 5.74) is 0. The standard InChI is InChI=1S/C2H8O3S.C2H6OS/c1-6(2,3,4)5;1-4(2)3/h1-2H3,(H2,3,4,5);1-2H3. The highest BCUT2D eigenvalue weighted by Gasteiger charge is 2.10. The monoisotopic (exact) mass is 190 g/mol. The van der Waals surface area contributed by atoms with Crippen LogP contribution in [0, 0.1) is 0 Å². The maximum absolute atomic E-state index is 9.90. The lowest BCUT2D eigenvalue weighted by atomic mass is 11.9. The van der Waals surface area contributed by atoms with Crippen molar-refractivity contribution in [2.24, 2.45) is 0 Å². The van der Waals surface area contributed by atoms with E-state index in [1.807, 2.05) is 0 Å². The molecule has 0 amide bonds. The summed E-state index contributed by atoms with van der Waals surface area (Å²) in [5.74, 6) is 0. The second-order valence-corrected chi connectivity index (χ2v) is 7.33. The van der Waals surface area contributed by atoms with Gasteiger partial charge in [-0.15, -0.1) is 0 Å². The third-order valence-corrected chi connectivity index (χ3v) is 0. The first kappa shape index (κ1) is 12.9. The Bertz CT molecular complexity index is 152. The Balaban J connectivity index is 0. The highest BCUT2D eigenvalue weighted by atomic mass is 32.3. The number of rotatable bonds is 0. The molecular weight excluding hydrogens is 176 g/mol. The van der Waals surface area contributed by atoms with Crippen molar-refractivity contribution in [2.45, 2.75) is 0 Å². The zero-order chi connectivity index (χ0) is 9.02. The van der Waals surface area contributed by atoms with E-state index >= 15 is 0 Å². The molecule has 0 saturated heterocycles. The molecule has 0 heterocycles. The van der Waals surface area contributed by atoms with Gasteiger partial charge in [-0.3, -0.25) is 4.21 Å². The number of hydrogen-bond acceptors (Lipinski definition) is 2. The average Bonchev–Trinajstić information content (AvgIpc) is 1.14. The molecule has 4 nitrogen and oxygen atoms in total. The van der Waals surface area contributed by atoms with E-state index in [0.29, 0.717) is 0 Å². The van der Waals surface area contributed by atoms with Crippen LogP contribution in [0.5, 0.6) is 0 Å². The van der Waals surface area contributed by atoms with Crippen LogP contribution < -0.4 is 0 Å². The van der Waals surface area contributed by atoms with Crippen LogP contribution in [0.25, 0.3) is 0 Å². The van der Waals surface area contributed by atoms with Crippen LogP contribution in [-0.4, -0.2) is 42.5 Å². The first-order valence-electron chi connectivity index (χ1n) is 2.33. The summed E-state index contributed by atoms with van der Waals surface area (Å²) in [6, 6.07) is 0. The van der Waals surface area contributed by atoms with E-state index < -0.39 is 20.4 Å². The molecule has 2 N–H and O–H groups in total. The lowest BCUT2D eigenvalue weighted by Crippen LogP contribution is -2.25. The van der Waals surface area contributed by atoms with E-state index in [-0.39, 0.29) is 0 Å². The van der Waals surface area contributed by atoms with E-state index in [1.54, 1.807) is 12.5 Å². The SMILES string of the molecule is CS(C)(=O)(O)O.CS(C)=O. The summed E-state index contributed by atoms with van der Waals surface area (Å²) in [6.07, 6.45) is 5.02. The lowest BCUT2D eigenvalue weighted by molar-refractivity contribution is 0.407. The molecule has 0 aliphatic carbocycles. The minimum atomic E-state index is -4.10. The topological polar surface area (TPSA) is 74.6 Å². The van der Waals surface area contributed by atoms with Crippen molar-refractivity contribution >= 4 is 20.4 Å². The van der Waals surface area contributed by atoms with E-state index in [4.69, 9.17) is 9.11 Å². The molecule has 0 rings (SSSR count). The maximum Gasteiger partial charge on any atom is 0.0770 e. The molecule has 0 bridgehead atoms. The molecule has 0 saturated carbocycles. The molecule has 0 aromatic carbocycles. The molecule has 0 atom stereocenters. The van der Waals surface area contributed by atoms with Gasteiger partial charge >= 0.3 is 0 Å². The van der Waals surface area contributed by atoms with Gasteiger partial charge in [-0.2, -0.15) is 0 Å². The Labute approximate surface area is 63.5 Å². The fourth-order valence-corrected chi connectivity index (χ4v) is 0. The molecule has 6 heteroatoms. The minimum Gasteiger partial charge on any atom is -0.308 e. The summed E-state index contributed by atoms with van der Waals surface area (Å²) >= 11 is 0. The fourth-order valence-electron chi connectivity index (χ4n) is 0. The summed E-state index contributed by atoms with van der Waals surface area (Å²) in [4.78, 5) is 0. The largest absolute Gasteiger partial charge is 0.308 e. The lowest BCUT2D eigenvalue weighted by Gasteiger charge is -2.16. The molecule has 66 valence electrons. The molecule has 0 spiro atoms. The van der Waals surface area contributed by atoms with Crippen molar-refractivity contribution in [1.29, 1.82) is 0 Å². The average molecular weight is 190 g/mol. The summed E-state index contributed by atoms with van der Waals surface area (Å²) in [5, 5.41) is 0. The predicted molar refractivity (Wildman–Crippen MR) is 45.2 cm³/mol. The molecule has 0 radical (unpaired) electrons. The van der Waals surface area contributed by atoms with Crippen LogP contribution >= 0.6 is 0 Å². The molecule has 0 aliphatic heterocycles.